The van der Waals surface area contributed by atoms with Gasteiger partial charge < -0.3 is 15.2 Å². The Labute approximate surface area is 171 Å². The minimum atomic E-state index is -4.33. The fraction of sp³-hybridized carbons (Fsp3) is 0.273. The average Bonchev–Trinajstić information content (AvgIpc) is 3.19. The molecular formula is C22H19F3N2O3. The Bertz CT molecular complexity index is 1040. The van der Waals surface area contributed by atoms with Gasteiger partial charge in [-0.2, -0.15) is 18.4 Å². The molecule has 1 aliphatic rings. The van der Waals surface area contributed by atoms with Crippen molar-refractivity contribution in [3.63, 3.8) is 0 Å². The molecule has 2 N–H and O–H groups in total. The molecule has 0 aromatic heterocycles. The number of carboxylic acid groups (broad SMARTS) is 1. The molecule has 0 radical (unpaired) electrons. The van der Waals surface area contributed by atoms with E-state index in [9.17, 15) is 23.2 Å². The van der Waals surface area contributed by atoms with Crippen LogP contribution in [0.1, 0.15) is 29.5 Å². The Balaban J connectivity index is 2.02. The monoisotopic (exact) mass is 416 g/mol. The lowest BCUT2D eigenvalue weighted by atomic mass is 9.93. The molecule has 1 heterocycles. The number of nitrogens with zero attached hydrogens (tertiary/aromatic N) is 1. The number of nitrogens with one attached hydrogen (secondary N) is 1. The van der Waals surface area contributed by atoms with Crippen molar-refractivity contribution < 1.29 is 27.8 Å². The maximum absolute atomic E-state index is 13.0. The summed E-state index contributed by atoms with van der Waals surface area (Å²) < 4.78 is 44.6. The van der Waals surface area contributed by atoms with Gasteiger partial charge in [0.2, 0.25) is 0 Å². The highest BCUT2D eigenvalue weighted by Gasteiger charge is 2.37. The van der Waals surface area contributed by atoms with Gasteiger partial charge in [-0.25, -0.2) is 4.79 Å². The molecule has 1 aliphatic heterocycles. The van der Waals surface area contributed by atoms with Gasteiger partial charge in [0, 0.05) is 29.7 Å². The number of carboxylic acids is 1. The van der Waals surface area contributed by atoms with E-state index in [2.05, 4.69) is 18.0 Å². The van der Waals surface area contributed by atoms with Gasteiger partial charge in [0.15, 0.2) is 0 Å². The Morgan fingerprint density at radius 2 is 2.03 bits per heavy atom. The molecule has 0 unspecified atom stereocenters. The second-order valence-corrected chi connectivity index (χ2v) is 7.01. The molecule has 8 heteroatoms. The van der Waals surface area contributed by atoms with Crippen molar-refractivity contribution in [2.75, 3.05) is 18.5 Å². The number of aliphatic carboxylic acids is 1. The van der Waals surface area contributed by atoms with E-state index in [0.717, 1.165) is 6.92 Å². The van der Waals surface area contributed by atoms with E-state index in [-0.39, 0.29) is 17.7 Å². The summed E-state index contributed by atoms with van der Waals surface area (Å²) in [6, 6.07) is 9.79. The Morgan fingerprint density at radius 3 is 2.60 bits per heavy atom. The third kappa shape index (κ3) is 4.10. The maximum atomic E-state index is 13.0. The highest BCUT2D eigenvalue weighted by Crippen LogP contribution is 2.43. The van der Waals surface area contributed by atoms with Crippen molar-refractivity contribution in [1.29, 1.82) is 5.26 Å². The average molecular weight is 416 g/mol. The van der Waals surface area contributed by atoms with Gasteiger partial charge >= 0.3 is 12.1 Å². The van der Waals surface area contributed by atoms with Crippen molar-refractivity contribution in [1.82, 2.24) is 0 Å². The van der Waals surface area contributed by atoms with Crippen LogP contribution in [0, 0.1) is 11.3 Å². The zero-order chi connectivity index (χ0) is 22.1. The molecule has 0 bridgehead atoms. The lowest BCUT2D eigenvalue weighted by molar-refractivity contribution is -0.146. The lowest BCUT2D eigenvalue weighted by Gasteiger charge is -2.18. The van der Waals surface area contributed by atoms with Crippen LogP contribution >= 0.6 is 0 Å². The van der Waals surface area contributed by atoms with E-state index in [1.807, 2.05) is 0 Å². The summed E-state index contributed by atoms with van der Waals surface area (Å²) in [5.74, 6) is -2.22. The molecule has 0 aliphatic carbocycles. The standard InChI is InChI=1S/C22H19F3N2O3/c1-12(21(28)29)11-27-19-9-17(20-16(7-8-30-20)18(19)10-26)15-5-3-14(4-6-15)13(2)22(23,24)25/h3-6,9,13,27H,1,7-8,11H2,2H3,(H,28,29)/t13-/m1/s1. The molecule has 2 aromatic carbocycles. The maximum Gasteiger partial charge on any atom is 0.395 e. The zero-order valence-corrected chi connectivity index (χ0v) is 16.1. The number of benzene rings is 2. The quantitative estimate of drug-likeness (QED) is 0.656. The number of nitriles is 1. The Kier molecular flexibility index (Phi) is 5.74. The molecule has 0 amide bonds. The van der Waals surface area contributed by atoms with E-state index in [0.29, 0.717) is 46.7 Å². The summed E-state index contributed by atoms with van der Waals surface area (Å²) in [4.78, 5) is 11.0. The highest BCUT2D eigenvalue weighted by atomic mass is 19.4. The van der Waals surface area contributed by atoms with Gasteiger partial charge in [-0.3, -0.25) is 0 Å². The smallest absolute Gasteiger partial charge is 0.395 e. The summed E-state index contributed by atoms with van der Waals surface area (Å²) >= 11 is 0. The fourth-order valence-electron chi connectivity index (χ4n) is 3.28. The molecule has 156 valence electrons. The molecule has 2 aromatic rings. The van der Waals surface area contributed by atoms with Crippen molar-refractivity contribution in [2.45, 2.75) is 25.4 Å². The van der Waals surface area contributed by atoms with Crippen molar-refractivity contribution >= 4 is 11.7 Å². The first kappa shape index (κ1) is 21.2. The molecule has 30 heavy (non-hydrogen) atoms. The summed E-state index contributed by atoms with van der Waals surface area (Å²) in [5.41, 5.74) is 2.80. The Hall–Kier alpha value is -3.47. The summed E-state index contributed by atoms with van der Waals surface area (Å²) in [6.45, 7) is 4.88. The van der Waals surface area contributed by atoms with Gasteiger partial charge in [0.05, 0.1) is 23.8 Å². The minimum Gasteiger partial charge on any atom is -0.492 e. The number of rotatable bonds is 6. The molecule has 0 saturated heterocycles. The van der Waals surface area contributed by atoms with Crippen LogP contribution in [0.25, 0.3) is 11.1 Å². The zero-order valence-electron chi connectivity index (χ0n) is 16.1. The predicted octanol–water partition coefficient (Wildman–Crippen LogP) is 4.88. The van der Waals surface area contributed by atoms with E-state index in [4.69, 9.17) is 9.84 Å². The third-order valence-corrected chi connectivity index (χ3v) is 5.10. The van der Waals surface area contributed by atoms with E-state index in [1.165, 1.54) is 12.1 Å². The van der Waals surface area contributed by atoms with Crippen molar-refractivity contribution in [3.8, 4) is 22.9 Å². The van der Waals surface area contributed by atoms with Gasteiger partial charge in [-0.1, -0.05) is 30.8 Å². The second-order valence-electron chi connectivity index (χ2n) is 7.01. The van der Waals surface area contributed by atoms with Crippen molar-refractivity contribution in [2.24, 2.45) is 0 Å². The molecule has 3 rings (SSSR count). The molecule has 5 nitrogen and oxygen atoms in total. The minimum absolute atomic E-state index is 0.0644. The number of halogens is 3. The number of anilines is 1. The topological polar surface area (TPSA) is 82.3 Å². The lowest BCUT2D eigenvalue weighted by Crippen LogP contribution is -2.17. The normalized spacial score (nSPS) is 13.7. The number of fused-ring (bicyclic) bond motifs is 1. The Morgan fingerprint density at radius 1 is 1.37 bits per heavy atom. The largest absolute Gasteiger partial charge is 0.492 e. The van der Waals surface area contributed by atoms with Gasteiger partial charge in [0.1, 0.15) is 11.8 Å². The van der Waals surface area contributed by atoms with Crippen LogP contribution in [0.5, 0.6) is 5.75 Å². The molecule has 1 atom stereocenters. The molecular weight excluding hydrogens is 397 g/mol. The number of hydrogen-bond donors (Lipinski definition) is 2. The van der Waals surface area contributed by atoms with Crippen LogP contribution < -0.4 is 10.1 Å². The van der Waals surface area contributed by atoms with Crippen LogP contribution in [0.3, 0.4) is 0 Å². The molecule has 0 saturated carbocycles. The second kappa shape index (κ2) is 8.11. The van der Waals surface area contributed by atoms with Crippen LogP contribution in [0.15, 0.2) is 42.5 Å². The first-order valence-corrected chi connectivity index (χ1v) is 9.18. The highest BCUT2D eigenvalue weighted by molar-refractivity contribution is 5.87. The third-order valence-electron chi connectivity index (χ3n) is 5.10. The summed E-state index contributed by atoms with van der Waals surface area (Å²) in [5, 5.41) is 21.5. The van der Waals surface area contributed by atoms with Crippen LogP contribution in [-0.4, -0.2) is 30.4 Å². The van der Waals surface area contributed by atoms with Gasteiger partial charge in [-0.05, 0) is 24.1 Å². The van der Waals surface area contributed by atoms with E-state index in [1.54, 1.807) is 18.2 Å². The number of carbonyl (C=O) groups is 1. The van der Waals surface area contributed by atoms with Crippen molar-refractivity contribution in [3.05, 3.63) is 59.2 Å². The van der Waals surface area contributed by atoms with Gasteiger partial charge in [-0.15, -0.1) is 0 Å². The summed E-state index contributed by atoms with van der Waals surface area (Å²) in [6.07, 6.45) is -3.83. The van der Waals surface area contributed by atoms with Crippen LogP contribution in [-0.2, 0) is 11.2 Å². The molecule has 0 spiro atoms. The van der Waals surface area contributed by atoms with Crippen LogP contribution in [0.4, 0.5) is 18.9 Å². The van der Waals surface area contributed by atoms with Crippen LogP contribution in [0.2, 0.25) is 0 Å². The SMILES string of the molecule is C=C(CNc1cc(-c2ccc([C@@H](C)C(F)(F)F)cc2)c2c(c1C#N)CCO2)C(=O)O. The first-order valence-electron chi connectivity index (χ1n) is 9.18. The molecule has 0 fully saturated rings. The van der Waals surface area contributed by atoms with E-state index >= 15 is 0 Å². The summed E-state index contributed by atoms with van der Waals surface area (Å²) in [7, 11) is 0. The predicted molar refractivity (Wildman–Crippen MR) is 106 cm³/mol. The fourth-order valence-corrected chi connectivity index (χ4v) is 3.28. The first-order chi connectivity index (χ1) is 14.1. The number of hydrogen-bond acceptors (Lipinski definition) is 4. The van der Waals surface area contributed by atoms with Gasteiger partial charge in [0.25, 0.3) is 0 Å². The van der Waals surface area contributed by atoms with E-state index < -0.39 is 18.1 Å². The number of alkyl halides is 3. The number of ether oxygens (including phenoxy) is 1.